The summed E-state index contributed by atoms with van der Waals surface area (Å²) in [7, 11) is 0. The van der Waals surface area contributed by atoms with E-state index < -0.39 is 5.54 Å². The van der Waals surface area contributed by atoms with Crippen LogP contribution in [0.3, 0.4) is 0 Å². The van der Waals surface area contributed by atoms with Gasteiger partial charge in [-0.3, -0.25) is 9.59 Å². The number of piperazine rings is 1. The van der Waals surface area contributed by atoms with E-state index in [2.05, 4.69) is 0 Å². The van der Waals surface area contributed by atoms with Crippen molar-refractivity contribution in [2.24, 2.45) is 5.73 Å². The summed E-state index contributed by atoms with van der Waals surface area (Å²) >= 11 is 12.1. The SMILES string of the molecule is NC1(C(=O)N2CCN(C(=O)c3cccc(Cl)c3Cl)CC2)CCCC1. The summed E-state index contributed by atoms with van der Waals surface area (Å²) in [6.07, 6.45) is 3.52. The van der Waals surface area contributed by atoms with Crippen molar-refractivity contribution < 1.29 is 9.59 Å². The molecule has 1 aliphatic carbocycles. The Morgan fingerprint density at radius 2 is 1.58 bits per heavy atom. The Hall–Kier alpha value is -1.30. The van der Waals surface area contributed by atoms with Crippen LogP contribution in [0.2, 0.25) is 10.0 Å². The molecule has 3 rings (SSSR count). The molecule has 1 aliphatic heterocycles. The second-order valence-electron chi connectivity index (χ2n) is 6.55. The maximum Gasteiger partial charge on any atom is 0.255 e. The molecule has 0 spiro atoms. The zero-order chi connectivity index (χ0) is 17.3. The van der Waals surface area contributed by atoms with E-state index in [-0.39, 0.29) is 16.8 Å². The summed E-state index contributed by atoms with van der Waals surface area (Å²) in [4.78, 5) is 28.7. The van der Waals surface area contributed by atoms with E-state index in [1.54, 1.807) is 28.0 Å². The summed E-state index contributed by atoms with van der Waals surface area (Å²) < 4.78 is 0. The molecule has 24 heavy (non-hydrogen) atoms. The molecule has 2 N–H and O–H groups in total. The van der Waals surface area contributed by atoms with Gasteiger partial charge in [0, 0.05) is 26.2 Å². The van der Waals surface area contributed by atoms with E-state index in [9.17, 15) is 9.59 Å². The van der Waals surface area contributed by atoms with Crippen molar-refractivity contribution in [3.8, 4) is 0 Å². The van der Waals surface area contributed by atoms with Crippen molar-refractivity contribution in [1.29, 1.82) is 0 Å². The molecule has 0 bridgehead atoms. The van der Waals surface area contributed by atoms with Crippen molar-refractivity contribution in [1.82, 2.24) is 9.80 Å². The van der Waals surface area contributed by atoms with E-state index in [1.807, 2.05) is 0 Å². The standard InChI is InChI=1S/C17H21Cl2N3O2/c18-13-5-3-4-12(14(13)19)15(23)21-8-10-22(11-9-21)16(24)17(20)6-1-2-7-17/h3-5H,1-2,6-11,20H2. The van der Waals surface area contributed by atoms with E-state index in [0.717, 1.165) is 25.7 Å². The topological polar surface area (TPSA) is 66.6 Å². The number of benzene rings is 1. The quantitative estimate of drug-likeness (QED) is 0.870. The second kappa shape index (κ2) is 6.90. The lowest BCUT2D eigenvalue weighted by molar-refractivity contribution is -0.138. The second-order valence-corrected chi connectivity index (χ2v) is 7.33. The van der Waals surface area contributed by atoms with Gasteiger partial charge in [-0.1, -0.05) is 42.1 Å². The van der Waals surface area contributed by atoms with Crippen LogP contribution >= 0.6 is 23.2 Å². The van der Waals surface area contributed by atoms with Gasteiger partial charge in [0.05, 0.1) is 21.1 Å². The molecule has 130 valence electrons. The van der Waals surface area contributed by atoms with Crippen LogP contribution in [0.15, 0.2) is 18.2 Å². The van der Waals surface area contributed by atoms with E-state index in [4.69, 9.17) is 28.9 Å². The van der Waals surface area contributed by atoms with Crippen molar-refractivity contribution in [2.75, 3.05) is 26.2 Å². The lowest BCUT2D eigenvalue weighted by Crippen LogP contribution is -2.59. The summed E-state index contributed by atoms with van der Waals surface area (Å²) in [6.45, 7) is 1.95. The highest BCUT2D eigenvalue weighted by Gasteiger charge is 2.40. The molecule has 2 aliphatic rings. The molecule has 1 aromatic rings. The Morgan fingerprint density at radius 3 is 2.21 bits per heavy atom. The Morgan fingerprint density at radius 1 is 1.00 bits per heavy atom. The van der Waals surface area contributed by atoms with E-state index >= 15 is 0 Å². The van der Waals surface area contributed by atoms with Gasteiger partial charge >= 0.3 is 0 Å². The van der Waals surface area contributed by atoms with Gasteiger partial charge in [0.2, 0.25) is 5.91 Å². The smallest absolute Gasteiger partial charge is 0.255 e. The molecule has 7 heteroatoms. The molecule has 5 nitrogen and oxygen atoms in total. The zero-order valence-electron chi connectivity index (χ0n) is 13.4. The number of amides is 2. The van der Waals surface area contributed by atoms with Crippen LogP contribution in [0.4, 0.5) is 0 Å². The molecule has 2 fully saturated rings. The number of hydrogen-bond donors (Lipinski definition) is 1. The largest absolute Gasteiger partial charge is 0.338 e. The minimum atomic E-state index is -0.706. The highest BCUT2D eigenvalue weighted by atomic mass is 35.5. The molecule has 0 atom stereocenters. The number of nitrogens with zero attached hydrogens (tertiary/aromatic N) is 2. The molecule has 0 aromatic heterocycles. The minimum Gasteiger partial charge on any atom is -0.338 e. The van der Waals surface area contributed by atoms with Crippen LogP contribution in [0.1, 0.15) is 36.0 Å². The van der Waals surface area contributed by atoms with Crippen LogP contribution in [0.5, 0.6) is 0 Å². The number of hydrogen-bond acceptors (Lipinski definition) is 3. The fourth-order valence-electron chi connectivity index (χ4n) is 3.49. The van der Waals surface area contributed by atoms with Crippen molar-refractivity contribution >= 4 is 35.0 Å². The van der Waals surface area contributed by atoms with E-state index in [0.29, 0.717) is 36.8 Å². The van der Waals surface area contributed by atoms with Crippen LogP contribution < -0.4 is 5.73 Å². The Labute approximate surface area is 151 Å². The average Bonchev–Trinajstić information content (AvgIpc) is 3.04. The molecular weight excluding hydrogens is 349 g/mol. The van der Waals surface area contributed by atoms with Crippen molar-refractivity contribution in [2.45, 2.75) is 31.2 Å². The maximum absolute atomic E-state index is 12.6. The first kappa shape index (κ1) is 17.5. The van der Waals surface area contributed by atoms with Crippen LogP contribution in [0, 0.1) is 0 Å². The average molecular weight is 370 g/mol. The zero-order valence-corrected chi connectivity index (χ0v) is 14.9. The Kier molecular flexibility index (Phi) is 5.04. The van der Waals surface area contributed by atoms with Crippen LogP contribution in [-0.2, 0) is 4.79 Å². The van der Waals surface area contributed by atoms with E-state index in [1.165, 1.54) is 0 Å². The molecule has 0 radical (unpaired) electrons. The highest BCUT2D eigenvalue weighted by molar-refractivity contribution is 6.43. The third-order valence-electron chi connectivity index (χ3n) is 4.96. The number of nitrogens with two attached hydrogens (primary N) is 1. The first-order chi connectivity index (χ1) is 11.4. The molecular formula is C17H21Cl2N3O2. The van der Waals surface area contributed by atoms with Crippen LogP contribution in [-0.4, -0.2) is 53.3 Å². The van der Waals surface area contributed by atoms with Gasteiger partial charge in [-0.25, -0.2) is 0 Å². The molecule has 1 heterocycles. The third-order valence-corrected chi connectivity index (χ3v) is 5.78. The van der Waals surface area contributed by atoms with Gasteiger partial charge < -0.3 is 15.5 Å². The van der Waals surface area contributed by atoms with Crippen molar-refractivity contribution in [3.05, 3.63) is 33.8 Å². The fraction of sp³-hybridized carbons (Fsp3) is 0.529. The van der Waals surface area contributed by atoms with Gasteiger partial charge in [0.1, 0.15) is 0 Å². The number of rotatable bonds is 2. The summed E-state index contributed by atoms with van der Waals surface area (Å²) in [5.41, 5.74) is 5.94. The molecule has 0 unspecified atom stereocenters. The normalized spacial score (nSPS) is 20.3. The summed E-state index contributed by atoms with van der Waals surface area (Å²) in [6, 6.07) is 5.03. The number of carbonyl (C=O) groups is 2. The Bertz CT molecular complexity index is 651. The van der Waals surface area contributed by atoms with Gasteiger partial charge in [-0.05, 0) is 25.0 Å². The van der Waals surface area contributed by atoms with Crippen molar-refractivity contribution in [3.63, 3.8) is 0 Å². The fourth-order valence-corrected chi connectivity index (χ4v) is 3.87. The number of carbonyl (C=O) groups excluding carboxylic acids is 2. The number of halogens is 2. The first-order valence-corrected chi connectivity index (χ1v) is 8.99. The highest BCUT2D eigenvalue weighted by Crippen LogP contribution is 2.30. The first-order valence-electron chi connectivity index (χ1n) is 8.24. The predicted molar refractivity (Wildman–Crippen MR) is 94.3 cm³/mol. The van der Waals surface area contributed by atoms with Crippen LogP contribution in [0.25, 0.3) is 0 Å². The predicted octanol–water partition coefficient (Wildman–Crippen LogP) is 2.55. The summed E-state index contributed by atoms with van der Waals surface area (Å²) in [5, 5.41) is 0.636. The van der Waals surface area contributed by atoms with Gasteiger partial charge in [0.25, 0.3) is 5.91 Å². The Balaban J connectivity index is 1.63. The molecule has 1 aromatic carbocycles. The third kappa shape index (κ3) is 3.25. The van der Waals surface area contributed by atoms with Gasteiger partial charge in [-0.2, -0.15) is 0 Å². The van der Waals surface area contributed by atoms with Gasteiger partial charge in [-0.15, -0.1) is 0 Å². The monoisotopic (exact) mass is 369 g/mol. The minimum absolute atomic E-state index is 0.0212. The van der Waals surface area contributed by atoms with Gasteiger partial charge in [0.15, 0.2) is 0 Å². The molecule has 1 saturated carbocycles. The maximum atomic E-state index is 12.6. The lowest BCUT2D eigenvalue weighted by Gasteiger charge is -2.38. The molecule has 2 amide bonds. The lowest BCUT2D eigenvalue weighted by atomic mass is 9.97. The molecule has 1 saturated heterocycles. The summed E-state index contributed by atoms with van der Waals surface area (Å²) in [5.74, 6) is -0.134.